The lowest BCUT2D eigenvalue weighted by atomic mass is 10.1. The van der Waals surface area contributed by atoms with E-state index in [0.717, 1.165) is 31.9 Å². The molecule has 0 aliphatic carbocycles. The average Bonchev–Trinajstić information content (AvgIpc) is 2.52. The van der Waals surface area contributed by atoms with Gasteiger partial charge in [-0.1, -0.05) is 25.5 Å². The number of nitrogens with one attached hydrogen (secondary N) is 1. The molecule has 21 heavy (non-hydrogen) atoms. The highest BCUT2D eigenvalue weighted by atomic mass is 16.5. The summed E-state index contributed by atoms with van der Waals surface area (Å²) in [5.41, 5.74) is 1.30. The van der Waals surface area contributed by atoms with Crippen LogP contribution in [0.25, 0.3) is 0 Å². The van der Waals surface area contributed by atoms with Gasteiger partial charge in [-0.25, -0.2) is 0 Å². The summed E-state index contributed by atoms with van der Waals surface area (Å²) in [6.07, 6.45) is 5.19. The van der Waals surface area contributed by atoms with Gasteiger partial charge >= 0.3 is 0 Å². The zero-order valence-electron chi connectivity index (χ0n) is 13.6. The van der Waals surface area contributed by atoms with Crippen LogP contribution in [0, 0.1) is 0 Å². The summed E-state index contributed by atoms with van der Waals surface area (Å²) in [5.74, 6) is 0.986. The molecule has 2 rings (SSSR count). The summed E-state index contributed by atoms with van der Waals surface area (Å²) in [4.78, 5) is 2.59. The first-order chi connectivity index (χ1) is 10.3. The van der Waals surface area contributed by atoms with Crippen LogP contribution in [0.4, 0.5) is 0 Å². The summed E-state index contributed by atoms with van der Waals surface area (Å²) < 4.78 is 5.69. The van der Waals surface area contributed by atoms with Crippen LogP contribution < -0.4 is 10.1 Å². The second-order valence-corrected chi connectivity index (χ2v) is 6.14. The van der Waals surface area contributed by atoms with Crippen molar-refractivity contribution < 1.29 is 4.74 Å². The number of likely N-dealkylation sites (tertiary alicyclic amines) is 1. The summed E-state index contributed by atoms with van der Waals surface area (Å²) >= 11 is 0. The molecular formula is C18H30N2O. The van der Waals surface area contributed by atoms with Gasteiger partial charge in [-0.15, -0.1) is 0 Å². The van der Waals surface area contributed by atoms with Crippen LogP contribution in [0.2, 0.25) is 0 Å². The van der Waals surface area contributed by atoms with Gasteiger partial charge in [0.05, 0.1) is 6.61 Å². The number of hydrogen-bond acceptors (Lipinski definition) is 3. The highest BCUT2D eigenvalue weighted by Gasteiger charge is 2.12. The van der Waals surface area contributed by atoms with Gasteiger partial charge in [0, 0.05) is 19.1 Å². The van der Waals surface area contributed by atoms with Crippen molar-refractivity contribution in [1.29, 1.82) is 0 Å². The maximum absolute atomic E-state index is 5.69. The van der Waals surface area contributed by atoms with Gasteiger partial charge in [0.1, 0.15) is 5.75 Å². The lowest BCUT2D eigenvalue weighted by molar-refractivity contribution is 0.209. The SMILES string of the molecule is CCCOc1cccc(CNC(C)CN2CCCCC2)c1. The molecule has 1 aliphatic rings. The van der Waals surface area contributed by atoms with Gasteiger partial charge in [0.15, 0.2) is 0 Å². The number of hydrogen-bond donors (Lipinski definition) is 1. The highest BCUT2D eigenvalue weighted by molar-refractivity contribution is 5.28. The third-order valence-corrected chi connectivity index (χ3v) is 4.01. The molecule has 0 amide bonds. The van der Waals surface area contributed by atoms with Crippen molar-refractivity contribution in [3.8, 4) is 5.75 Å². The van der Waals surface area contributed by atoms with E-state index in [2.05, 4.69) is 42.3 Å². The van der Waals surface area contributed by atoms with E-state index in [4.69, 9.17) is 4.74 Å². The van der Waals surface area contributed by atoms with Crippen molar-refractivity contribution in [2.45, 2.75) is 52.1 Å². The fourth-order valence-corrected chi connectivity index (χ4v) is 2.85. The molecule has 1 N–H and O–H groups in total. The molecule has 1 aliphatic heterocycles. The summed E-state index contributed by atoms with van der Waals surface area (Å²) in [6, 6.07) is 8.96. The molecule has 3 heteroatoms. The second-order valence-electron chi connectivity index (χ2n) is 6.14. The van der Waals surface area contributed by atoms with Crippen molar-refractivity contribution in [3.63, 3.8) is 0 Å². The first-order valence-electron chi connectivity index (χ1n) is 8.45. The zero-order chi connectivity index (χ0) is 14.9. The Morgan fingerprint density at radius 2 is 2.05 bits per heavy atom. The van der Waals surface area contributed by atoms with Crippen LogP contribution in [0.15, 0.2) is 24.3 Å². The molecule has 0 bridgehead atoms. The minimum atomic E-state index is 0.531. The van der Waals surface area contributed by atoms with E-state index >= 15 is 0 Å². The number of piperidine rings is 1. The fraction of sp³-hybridized carbons (Fsp3) is 0.667. The number of nitrogens with zero attached hydrogens (tertiary/aromatic N) is 1. The predicted molar refractivity (Wildman–Crippen MR) is 88.8 cm³/mol. The number of ether oxygens (including phenoxy) is 1. The van der Waals surface area contributed by atoms with E-state index < -0.39 is 0 Å². The minimum Gasteiger partial charge on any atom is -0.494 e. The molecule has 0 saturated carbocycles. The Morgan fingerprint density at radius 3 is 2.81 bits per heavy atom. The highest BCUT2D eigenvalue weighted by Crippen LogP contribution is 2.14. The van der Waals surface area contributed by atoms with Gasteiger partial charge < -0.3 is 15.0 Å². The first kappa shape index (κ1) is 16.3. The van der Waals surface area contributed by atoms with Gasteiger partial charge in [-0.3, -0.25) is 0 Å². The Hall–Kier alpha value is -1.06. The number of benzene rings is 1. The topological polar surface area (TPSA) is 24.5 Å². The zero-order valence-corrected chi connectivity index (χ0v) is 13.6. The summed E-state index contributed by atoms with van der Waals surface area (Å²) in [7, 11) is 0. The summed E-state index contributed by atoms with van der Waals surface area (Å²) in [6.45, 7) is 9.82. The monoisotopic (exact) mass is 290 g/mol. The molecule has 1 fully saturated rings. The van der Waals surface area contributed by atoms with E-state index in [9.17, 15) is 0 Å². The lowest BCUT2D eigenvalue weighted by Crippen LogP contribution is -2.41. The van der Waals surface area contributed by atoms with E-state index in [1.807, 2.05) is 6.07 Å². The Morgan fingerprint density at radius 1 is 1.24 bits per heavy atom. The van der Waals surface area contributed by atoms with Crippen LogP contribution in [-0.2, 0) is 6.54 Å². The molecule has 1 aromatic rings. The normalized spacial score (nSPS) is 17.6. The van der Waals surface area contributed by atoms with Crippen LogP contribution in [0.5, 0.6) is 5.75 Å². The van der Waals surface area contributed by atoms with Gasteiger partial charge in [0.25, 0.3) is 0 Å². The number of rotatable bonds is 8. The maximum Gasteiger partial charge on any atom is 0.119 e. The van der Waals surface area contributed by atoms with Gasteiger partial charge in [0.2, 0.25) is 0 Å². The molecule has 1 heterocycles. The van der Waals surface area contributed by atoms with Crippen molar-refractivity contribution in [3.05, 3.63) is 29.8 Å². The molecule has 118 valence electrons. The van der Waals surface area contributed by atoms with E-state index in [1.165, 1.54) is 37.9 Å². The molecule has 1 aromatic carbocycles. The van der Waals surface area contributed by atoms with Crippen LogP contribution in [-0.4, -0.2) is 37.2 Å². The molecule has 0 radical (unpaired) electrons. The van der Waals surface area contributed by atoms with E-state index in [-0.39, 0.29) is 0 Å². The lowest BCUT2D eigenvalue weighted by Gasteiger charge is -2.29. The van der Waals surface area contributed by atoms with Crippen LogP contribution >= 0.6 is 0 Å². The average molecular weight is 290 g/mol. The van der Waals surface area contributed by atoms with Gasteiger partial charge in [-0.05, 0) is 57.0 Å². The first-order valence-corrected chi connectivity index (χ1v) is 8.45. The molecular weight excluding hydrogens is 260 g/mol. The minimum absolute atomic E-state index is 0.531. The van der Waals surface area contributed by atoms with Crippen LogP contribution in [0.3, 0.4) is 0 Å². The van der Waals surface area contributed by atoms with Crippen LogP contribution in [0.1, 0.15) is 45.1 Å². The third kappa shape index (κ3) is 6.06. The molecule has 1 atom stereocenters. The van der Waals surface area contributed by atoms with E-state index in [1.54, 1.807) is 0 Å². The van der Waals surface area contributed by atoms with Crippen molar-refractivity contribution in [1.82, 2.24) is 10.2 Å². The largest absolute Gasteiger partial charge is 0.494 e. The standard InChI is InChI=1S/C18H30N2O/c1-3-12-21-18-9-7-8-17(13-18)14-19-16(2)15-20-10-5-4-6-11-20/h7-9,13,16,19H,3-6,10-12,14-15H2,1-2H3. The van der Waals surface area contributed by atoms with Crippen molar-refractivity contribution >= 4 is 0 Å². The quantitative estimate of drug-likeness (QED) is 0.794. The predicted octanol–water partition coefficient (Wildman–Crippen LogP) is 3.44. The summed E-state index contributed by atoms with van der Waals surface area (Å²) in [5, 5.41) is 3.63. The molecule has 3 nitrogen and oxygen atoms in total. The molecule has 1 unspecified atom stereocenters. The second kappa shape index (κ2) is 9.06. The fourth-order valence-electron chi connectivity index (χ4n) is 2.85. The molecule has 0 aromatic heterocycles. The Balaban J connectivity index is 1.73. The van der Waals surface area contributed by atoms with Crippen molar-refractivity contribution in [2.75, 3.05) is 26.2 Å². The Kier molecular flexibility index (Phi) is 7.04. The maximum atomic E-state index is 5.69. The van der Waals surface area contributed by atoms with Gasteiger partial charge in [-0.2, -0.15) is 0 Å². The third-order valence-electron chi connectivity index (χ3n) is 4.01. The van der Waals surface area contributed by atoms with E-state index in [0.29, 0.717) is 6.04 Å². The molecule has 0 spiro atoms. The Bertz CT molecular complexity index is 402. The Labute approximate surface area is 129 Å². The van der Waals surface area contributed by atoms with Crippen molar-refractivity contribution in [2.24, 2.45) is 0 Å². The molecule has 1 saturated heterocycles. The smallest absolute Gasteiger partial charge is 0.119 e.